The lowest BCUT2D eigenvalue weighted by molar-refractivity contribution is 0.198. The second-order valence-corrected chi connectivity index (χ2v) is 11.1. The molecule has 2 aromatic rings. The normalized spacial score (nSPS) is 18.1. The van der Waals surface area contributed by atoms with Crippen molar-refractivity contribution in [2.24, 2.45) is 0 Å². The molecule has 2 aromatic heterocycles. The molecule has 1 saturated heterocycles. The molecule has 1 aliphatic rings. The molecule has 3 rings (SSSR count). The number of anilines is 1. The van der Waals surface area contributed by atoms with E-state index >= 15 is 0 Å². The van der Waals surface area contributed by atoms with Crippen molar-refractivity contribution < 1.29 is 8.42 Å². The van der Waals surface area contributed by atoms with Crippen LogP contribution in [0.5, 0.6) is 0 Å². The van der Waals surface area contributed by atoms with Crippen LogP contribution < -0.4 is 4.90 Å². The number of piperazine rings is 1. The highest BCUT2D eigenvalue weighted by Gasteiger charge is 2.32. The maximum atomic E-state index is 12.5. The zero-order valence-electron chi connectivity index (χ0n) is 15.7. The Balaban J connectivity index is 1.65. The second kappa shape index (κ2) is 7.25. The van der Waals surface area contributed by atoms with Crippen LogP contribution in [-0.4, -0.2) is 54.2 Å². The Morgan fingerprint density at radius 2 is 1.81 bits per heavy atom. The molecule has 0 aromatic carbocycles. The van der Waals surface area contributed by atoms with E-state index in [9.17, 15) is 8.42 Å². The third kappa shape index (κ3) is 3.77. The van der Waals surface area contributed by atoms with Crippen LogP contribution in [0.2, 0.25) is 0 Å². The zero-order chi connectivity index (χ0) is 18.9. The summed E-state index contributed by atoms with van der Waals surface area (Å²) in [4.78, 5) is 13.3. The molecule has 1 atom stereocenters. The Labute approximate surface area is 159 Å². The molecular formula is C18H26N4O2S2. The van der Waals surface area contributed by atoms with E-state index in [-0.39, 0.29) is 5.03 Å². The molecule has 0 aliphatic carbocycles. The highest BCUT2D eigenvalue weighted by Crippen LogP contribution is 2.27. The molecular weight excluding hydrogens is 368 g/mol. The molecule has 0 bridgehead atoms. The molecule has 0 spiro atoms. The topological polar surface area (TPSA) is 66.4 Å². The maximum Gasteiger partial charge on any atom is 0.200 e. The SMILES string of the molecule is CC(c1nccs1)N1CCN(c2ccc(S(=O)(=O)C(C)(C)C)nc2)CC1. The van der Waals surface area contributed by atoms with E-state index < -0.39 is 14.6 Å². The summed E-state index contributed by atoms with van der Waals surface area (Å²) in [6, 6.07) is 3.82. The van der Waals surface area contributed by atoms with Crippen LogP contribution in [0.1, 0.15) is 38.7 Å². The lowest BCUT2D eigenvalue weighted by atomic mass is 10.2. The summed E-state index contributed by atoms with van der Waals surface area (Å²) < 4.78 is 24.1. The third-order valence-corrected chi connectivity index (χ3v) is 8.19. The number of pyridine rings is 1. The summed E-state index contributed by atoms with van der Waals surface area (Å²) in [5.74, 6) is 0. The van der Waals surface area contributed by atoms with Crippen molar-refractivity contribution in [3.63, 3.8) is 0 Å². The van der Waals surface area contributed by atoms with E-state index in [1.54, 1.807) is 44.4 Å². The van der Waals surface area contributed by atoms with Gasteiger partial charge in [0, 0.05) is 37.8 Å². The van der Waals surface area contributed by atoms with Gasteiger partial charge in [0.1, 0.15) is 5.01 Å². The summed E-state index contributed by atoms with van der Waals surface area (Å²) in [6.45, 7) is 11.0. The van der Waals surface area contributed by atoms with Crippen LogP contribution >= 0.6 is 11.3 Å². The number of nitrogens with zero attached hydrogens (tertiary/aromatic N) is 4. The van der Waals surface area contributed by atoms with Crippen LogP contribution in [0.25, 0.3) is 0 Å². The van der Waals surface area contributed by atoms with E-state index in [4.69, 9.17) is 0 Å². The molecule has 1 aliphatic heterocycles. The van der Waals surface area contributed by atoms with Crippen LogP contribution in [-0.2, 0) is 9.84 Å². The van der Waals surface area contributed by atoms with Crippen molar-refractivity contribution in [3.05, 3.63) is 34.9 Å². The molecule has 0 amide bonds. The fraction of sp³-hybridized carbons (Fsp3) is 0.556. The first-order valence-corrected chi connectivity index (χ1v) is 11.2. The molecule has 0 saturated carbocycles. The van der Waals surface area contributed by atoms with Crippen molar-refractivity contribution in [1.29, 1.82) is 0 Å². The number of rotatable bonds is 4. The van der Waals surface area contributed by atoms with Gasteiger partial charge in [-0.25, -0.2) is 18.4 Å². The van der Waals surface area contributed by atoms with Gasteiger partial charge in [-0.05, 0) is 39.8 Å². The molecule has 8 heteroatoms. The molecule has 6 nitrogen and oxygen atoms in total. The monoisotopic (exact) mass is 394 g/mol. The average molecular weight is 395 g/mol. The highest BCUT2D eigenvalue weighted by molar-refractivity contribution is 7.92. The predicted molar refractivity (Wildman–Crippen MR) is 105 cm³/mol. The van der Waals surface area contributed by atoms with Crippen molar-refractivity contribution in [2.45, 2.75) is 43.5 Å². The number of sulfone groups is 1. The van der Waals surface area contributed by atoms with Gasteiger partial charge in [-0.15, -0.1) is 11.3 Å². The minimum atomic E-state index is -3.41. The first kappa shape index (κ1) is 19.3. The largest absolute Gasteiger partial charge is 0.368 e. The smallest absolute Gasteiger partial charge is 0.200 e. The van der Waals surface area contributed by atoms with Crippen LogP contribution in [0.15, 0.2) is 34.9 Å². The highest BCUT2D eigenvalue weighted by atomic mass is 32.2. The Morgan fingerprint density at radius 3 is 2.31 bits per heavy atom. The van der Waals surface area contributed by atoms with Gasteiger partial charge in [0.05, 0.1) is 22.7 Å². The number of thiazole rings is 1. The van der Waals surface area contributed by atoms with Gasteiger partial charge in [-0.3, -0.25) is 4.90 Å². The summed E-state index contributed by atoms with van der Waals surface area (Å²) in [5, 5.41) is 3.31. The second-order valence-electron chi connectivity index (χ2n) is 7.54. The fourth-order valence-electron chi connectivity index (χ4n) is 3.00. The molecule has 0 radical (unpaired) electrons. The van der Waals surface area contributed by atoms with Gasteiger partial charge in [0.2, 0.25) is 0 Å². The first-order chi connectivity index (χ1) is 12.2. The van der Waals surface area contributed by atoms with Gasteiger partial charge in [0.15, 0.2) is 14.9 Å². The average Bonchev–Trinajstić information content (AvgIpc) is 3.15. The first-order valence-electron chi connectivity index (χ1n) is 8.79. The molecule has 1 unspecified atom stereocenters. The molecule has 1 fully saturated rings. The van der Waals surface area contributed by atoms with Crippen LogP contribution in [0, 0.1) is 0 Å². The molecule has 0 N–H and O–H groups in total. The summed E-state index contributed by atoms with van der Waals surface area (Å²) >= 11 is 1.69. The zero-order valence-corrected chi connectivity index (χ0v) is 17.3. The van der Waals surface area contributed by atoms with Crippen LogP contribution in [0.3, 0.4) is 0 Å². The lowest BCUT2D eigenvalue weighted by Gasteiger charge is -2.38. The van der Waals surface area contributed by atoms with Crippen molar-refractivity contribution >= 4 is 26.9 Å². The molecule has 142 valence electrons. The Bertz CT molecular complexity index is 819. The quantitative estimate of drug-likeness (QED) is 0.794. The van der Waals surface area contributed by atoms with Gasteiger partial charge < -0.3 is 4.90 Å². The Morgan fingerprint density at radius 1 is 1.12 bits per heavy atom. The summed E-state index contributed by atoms with van der Waals surface area (Å²) in [6.07, 6.45) is 3.53. The number of aromatic nitrogens is 2. The molecule has 26 heavy (non-hydrogen) atoms. The van der Waals surface area contributed by atoms with Gasteiger partial charge in [0.25, 0.3) is 0 Å². The Kier molecular flexibility index (Phi) is 5.37. The summed E-state index contributed by atoms with van der Waals surface area (Å²) in [5.41, 5.74) is 0.972. The Hall–Kier alpha value is -1.51. The minimum absolute atomic E-state index is 0.143. The third-order valence-electron chi connectivity index (χ3n) is 4.84. The van der Waals surface area contributed by atoms with E-state index in [1.807, 2.05) is 17.6 Å². The van der Waals surface area contributed by atoms with E-state index in [0.717, 1.165) is 36.9 Å². The predicted octanol–water partition coefficient (Wildman–Crippen LogP) is 2.99. The van der Waals surface area contributed by atoms with Crippen molar-refractivity contribution in [1.82, 2.24) is 14.9 Å². The number of hydrogen-bond donors (Lipinski definition) is 0. The minimum Gasteiger partial charge on any atom is -0.368 e. The number of hydrogen-bond acceptors (Lipinski definition) is 7. The van der Waals surface area contributed by atoms with E-state index in [0.29, 0.717) is 6.04 Å². The lowest BCUT2D eigenvalue weighted by Crippen LogP contribution is -2.47. The van der Waals surface area contributed by atoms with Crippen molar-refractivity contribution in [3.8, 4) is 0 Å². The van der Waals surface area contributed by atoms with Gasteiger partial charge in [-0.1, -0.05) is 0 Å². The molecule has 3 heterocycles. The maximum absolute atomic E-state index is 12.5. The van der Waals surface area contributed by atoms with Crippen molar-refractivity contribution in [2.75, 3.05) is 31.1 Å². The summed E-state index contributed by atoms with van der Waals surface area (Å²) in [7, 11) is -3.41. The van der Waals surface area contributed by atoms with E-state index in [1.165, 1.54) is 0 Å². The van der Waals surface area contributed by atoms with Gasteiger partial charge in [-0.2, -0.15) is 0 Å². The standard InChI is InChI=1S/C18H26N4O2S2/c1-14(17-19-7-12-25-17)21-8-10-22(11-9-21)15-5-6-16(20-13-15)26(23,24)18(2,3)4/h5-7,12-14H,8-11H2,1-4H3. The fourth-order valence-corrected chi connectivity index (χ4v) is 4.79. The van der Waals surface area contributed by atoms with Crippen LogP contribution in [0.4, 0.5) is 5.69 Å². The van der Waals surface area contributed by atoms with Gasteiger partial charge >= 0.3 is 0 Å². The van der Waals surface area contributed by atoms with E-state index in [2.05, 4.69) is 26.7 Å².